The van der Waals surface area contributed by atoms with Gasteiger partial charge in [-0.1, -0.05) is 0 Å². The van der Waals surface area contributed by atoms with E-state index in [1.54, 1.807) is 0 Å². The first kappa shape index (κ1) is 14.8. The van der Waals surface area contributed by atoms with Gasteiger partial charge < -0.3 is 14.8 Å². The molecule has 5 heteroatoms. The Kier molecular flexibility index (Phi) is 4.24. The summed E-state index contributed by atoms with van der Waals surface area (Å²) in [5.41, 5.74) is -0.973. The third-order valence-electron chi connectivity index (χ3n) is 3.46. The standard InChI is InChI=1S/C13H23NO4/c1-12(2,3)18-11(16)14-8-9-6-7-13(9,4)10(15)17-5/h9H,6-8H2,1-5H3,(H,14,16). The zero-order chi connectivity index (χ0) is 14.0. The minimum absolute atomic E-state index is 0.123. The van der Waals surface area contributed by atoms with Crippen molar-refractivity contribution in [3.63, 3.8) is 0 Å². The second-order valence-corrected chi connectivity index (χ2v) is 6.03. The molecule has 104 valence electrons. The molecule has 1 rings (SSSR count). The van der Waals surface area contributed by atoms with Gasteiger partial charge in [0.15, 0.2) is 0 Å². The molecule has 1 fully saturated rings. The molecule has 0 radical (unpaired) electrons. The summed E-state index contributed by atoms with van der Waals surface area (Å²) in [5, 5.41) is 2.71. The smallest absolute Gasteiger partial charge is 0.407 e. The van der Waals surface area contributed by atoms with Crippen molar-refractivity contribution < 1.29 is 19.1 Å². The van der Waals surface area contributed by atoms with Crippen molar-refractivity contribution in [1.82, 2.24) is 5.32 Å². The number of nitrogens with one attached hydrogen (secondary N) is 1. The van der Waals surface area contributed by atoms with Gasteiger partial charge in [-0.2, -0.15) is 0 Å². The number of rotatable bonds is 3. The number of methoxy groups -OCH3 is 1. The molecule has 5 nitrogen and oxygen atoms in total. The Morgan fingerprint density at radius 3 is 2.39 bits per heavy atom. The van der Waals surface area contributed by atoms with E-state index >= 15 is 0 Å². The van der Waals surface area contributed by atoms with Crippen LogP contribution in [0.5, 0.6) is 0 Å². The van der Waals surface area contributed by atoms with Crippen molar-refractivity contribution in [3.05, 3.63) is 0 Å². The third kappa shape index (κ3) is 3.37. The summed E-state index contributed by atoms with van der Waals surface area (Å²) in [6.07, 6.45) is 1.28. The summed E-state index contributed by atoms with van der Waals surface area (Å²) in [5.74, 6) is -0.0813. The van der Waals surface area contributed by atoms with Crippen molar-refractivity contribution in [1.29, 1.82) is 0 Å². The first-order valence-corrected chi connectivity index (χ1v) is 6.24. The lowest BCUT2D eigenvalue weighted by atomic mass is 9.61. The third-order valence-corrected chi connectivity index (χ3v) is 3.46. The summed E-state index contributed by atoms with van der Waals surface area (Å²) in [6.45, 7) is 7.77. The zero-order valence-corrected chi connectivity index (χ0v) is 11.8. The Morgan fingerprint density at radius 1 is 1.39 bits per heavy atom. The highest BCUT2D eigenvalue weighted by Crippen LogP contribution is 2.46. The van der Waals surface area contributed by atoms with Crippen LogP contribution in [0.1, 0.15) is 40.5 Å². The Balaban J connectivity index is 2.41. The average Bonchev–Trinajstić information content (AvgIpc) is 2.23. The largest absolute Gasteiger partial charge is 0.469 e. The molecular weight excluding hydrogens is 234 g/mol. The molecule has 2 atom stereocenters. The van der Waals surface area contributed by atoms with Crippen LogP contribution >= 0.6 is 0 Å². The van der Waals surface area contributed by atoms with Crippen LogP contribution in [-0.2, 0) is 14.3 Å². The van der Waals surface area contributed by atoms with Gasteiger partial charge in [-0.3, -0.25) is 4.79 Å². The molecule has 0 heterocycles. The van der Waals surface area contributed by atoms with Crippen molar-refractivity contribution in [2.45, 2.75) is 46.1 Å². The summed E-state index contributed by atoms with van der Waals surface area (Å²) >= 11 is 0. The fourth-order valence-corrected chi connectivity index (χ4v) is 2.13. The van der Waals surface area contributed by atoms with Gasteiger partial charge in [0, 0.05) is 6.54 Å². The molecule has 18 heavy (non-hydrogen) atoms. The monoisotopic (exact) mass is 257 g/mol. The number of carbonyl (C=O) groups excluding carboxylic acids is 2. The summed E-state index contributed by atoms with van der Waals surface area (Å²) in [7, 11) is 1.39. The maximum Gasteiger partial charge on any atom is 0.407 e. The second-order valence-electron chi connectivity index (χ2n) is 6.03. The maximum atomic E-state index is 11.6. The first-order valence-electron chi connectivity index (χ1n) is 6.24. The molecule has 0 aliphatic heterocycles. The summed E-state index contributed by atoms with van der Waals surface area (Å²) in [4.78, 5) is 23.1. The van der Waals surface area contributed by atoms with Gasteiger partial charge in [-0.05, 0) is 46.5 Å². The van der Waals surface area contributed by atoms with Gasteiger partial charge in [0.25, 0.3) is 0 Å². The molecule has 1 amide bonds. The second kappa shape index (κ2) is 5.16. The molecule has 1 aliphatic carbocycles. The molecule has 0 aromatic rings. The number of ether oxygens (including phenoxy) is 2. The van der Waals surface area contributed by atoms with E-state index < -0.39 is 17.1 Å². The number of hydrogen-bond donors (Lipinski definition) is 1. The lowest BCUT2D eigenvalue weighted by Crippen LogP contribution is -2.50. The molecule has 0 saturated heterocycles. The molecule has 0 spiro atoms. The highest BCUT2D eigenvalue weighted by atomic mass is 16.6. The fourth-order valence-electron chi connectivity index (χ4n) is 2.13. The van der Waals surface area contributed by atoms with Gasteiger partial charge in [0.2, 0.25) is 0 Å². The predicted octanol–water partition coefficient (Wildman–Crippen LogP) is 2.10. The lowest BCUT2D eigenvalue weighted by molar-refractivity contribution is -0.162. The zero-order valence-electron chi connectivity index (χ0n) is 11.8. The number of hydrogen-bond acceptors (Lipinski definition) is 4. The molecular formula is C13H23NO4. The van der Waals surface area contributed by atoms with Crippen LogP contribution < -0.4 is 5.32 Å². The van der Waals surface area contributed by atoms with Gasteiger partial charge in [-0.15, -0.1) is 0 Å². The highest BCUT2D eigenvalue weighted by molar-refractivity contribution is 5.78. The quantitative estimate of drug-likeness (QED) is 0.786. The Labute approximate surface area is 108 Å². The van der Waals surface area contributed by atoms with Crippen LogP contribution in [0.3, 0.4) is 0 Å². The molecule has 0 aromatic carbocycles. The van der Waals surface area contributed by atoms with Crippen LogP contribution in [0.4, 0.5) is 4.79 Å². The number of amides is 1. The lowest BCUT2D eigenvalue weighted by Gasteiger charge is -2.44. The molecule has 1 N–H and O–H groups in total. The molecule has 0 aromatic heterocycles. The number of esters is 1. The van der Waals surface area contributed by atoms with E-state index in [1.807, 2.05) is 27.7 Å². The summed E-state index contributed by atoms with van der Waals surface area (Å²) < 4.78 is 9.94. The van der Waals surface area contributed by atoms with Gasteiger partial charge in [-0.25, -0.2) is 4.79 Å². The van der Waals surface area contributed by atoms with Crippen molar-refractivity contribution in [2.24, 2.45) is 11.3 Å². The Morgan fingerprint density at radius 2 is 2.00 bits per heavy atom. The molecule has 1 saturated carbocycles. The maximum absolute atomic E-state index is 11.6. The van der Waals surface area contributed by atoms with E-state index in [2.05, 4.69) is 5.32 Å². The van der Waals surface area contributed by atoms with Gasteiger partial charge in [0.05, 0.1) is 12.5 Å². The van der Waals surface area contributed by atoms with Crippen LogP contribution in [0.2, 0.25) is 0 Å². The van der Waals surface area contributed by atoms with Crippen LogP contribution in [0.15, 0.2) is 0 Å². The minimum atomic E-state index is -0.505. The number of alkyl carbamates (subject to hydrolysis) is 1. The van der Waals surface area contributed by atoms with E-state index in [4.69, 9.17) is 9.47 Å². The SMILES string of the molecule is COC(=O)C1(C)CCC1CNC(=O)OC(C)(C)C. The van der Waals surface area contributed by atoms with Crippen molar-refractivity contribution >= 4 is 12.1 Å². The van der Waals surface area contributed by atoms with E-state index in [-0.39, 0.29) is 11.9 Å². The fraction of sp³-hybridized carbons (Fsp3) is 0.846. The normalized spacial score (nSPS) is 27.1. The number of carbonyl (C=O) groups is 2. The van der Waals surface area contributed by atoms with E-state index in [9.17, 15) is 9.59 Å². The molecule has 2 unspecified atom stereocenters. The minimum Gasteiger partial charge on any atom is -0.469 e. The van der Waals surface area contributed by atoms with E-state index in [0.717, 1.165) is 12.8 Å². The van der Waals surface area contributed by atoms with E-state index in [0.29, 0.717) is 6.54 Å². The Bertz CT molecular complexity index is 334. The summed E-state index contributed by atoms with van der Waals surface area (Å²) in [6, 6.07) is 0. The Hall–Kier alpha value is -1.26. The van der Waals surface area contributed by atoms with Crippen LogP contribution in [0, 0.1) is 11.3 Å². The molecule has 1 aliphatic rings. The molecule has 0 bridgehead atoms. The van der Waals surface area contributed by atoms with E-state index in [1.165, 1.54) is 7.11 Å². The van der Waals surface area contributed by atoms with Gasteiger partial charge in [0.1, 0.15) is 5.60 Å². The van der Waals surface area contributed by atoms with Gasteiger partial charge >= 0.3 is 12.1 Å². The first-order chi connectivity index (χ1) is 8.19. The van der Waals surface area contributed by atoms with Crippen LogP contribution in [-0.4, -0.2) is 31.3 Å². The predicted molar refractivity (Wildman–Crippen MR) is 67.1 cm³/mol. The highest BCUT2D eigenvalue weighted by Gasteiger charge is 2.49. The van der Waals surface area contributed by atoms with Crippen molar-refractivity contribution in [3.8, 4) is 0 Å². The topological polar surface area (TPSA) is 64.6 Å². The average molecular weight is 257 g/mol. The van der Waals surface area contributed by atoms with Crippen LogP contribution in [0.25, 0.3) is 0 Å². The van der Waals surface area contributed by atoms with Crippen molar-refractivity contribution in [2.75, 3.05) is 13.7 Å².